The molecule has 2 heterocycles. The number of aryl methyl sites for hydroxylation is 2. The van der Waals surface area contributed by atoms with E-state index in [2.05, 4.69) is 29.6 Å². The minimum Gasteiger partial charge on any atom is -0.493 e. The number of ether oxygens (including phenoxy) is 1. The normalized spacial score (nSPS) is 17.0. The number of hydrogen-bond acceptors (Lipinski definition) is 5. The van der Waals surface area contributed by atoms with Crippen molar-refractivity contribution in [1.29, 1.82) is 0 Å². The van der Waals surface area contributed by atoms with Crippen LogP contribution in [-0.2, 0) is 22.3 Å². The zero-order valence-electron chi connectivity index (χ0n) is 17.4. The van der Waals surface area contributed by atoms with Gasteiger partial charge in [-0.1, -0.05) is 24.3 Å². The average Bonchev–Trinajstić information content (AvgIpc) is 3.26. The second kappa shape index (κ2) is 9.23. The van der Waals surface area contributed by atoms with Crippen molar-refractivity contribution in [3.05, 3.63) is 81.2 Å². The number of hydrogen-bond donors (Lipinski definition) is 1. The first-order chi connectivity index (χ1) is 15.6. The maximum Gasteiger partial charge on any atom is 0.350 e. The summed E-state index contributed by atoms with van der Waals surface area (Å²) < 4.78 is 10.7. The van der Waals surface area contributed by atoms with Crippen LogP contribution in [0.4, 0.5) is 5.00 Å². The third-order valence-corrected chi connectivity index (χ3v) is 7.59. The lowest BCUT2D eigenvalue weighted by molar-refractivity contribution is 0.0800. The highest BCUT2D eigenvalue weighted by molar-refractivity contribution is 14.1. The first-order valence-corrected chi connectivity index (χ1v) is 12.5. The van der Waals surface area contributed by atoms with Crippen LogP contribution < -0.4 is 10.1 Å². The van der Waals surface area contributed by atoms with Crippen molar-refractivity contribution in [1.82, 2.24) is 0 Å². The zero-order chi connectivity index (χ0) is 22.1. The van der Waals surface area contributed by atoms with E-state index in [0.29, 0.717) is 22.7 Å². The highest BCUT2D eigenvalue weighted by Crippen LogP contribution is 2.40. The fourth-order valence-corrected chi connectivity index (χ4v) is 5.90. The molecule has 1 amide bonds. The van der Waals surface area contributed by atoms with Crippen LogP contribution in [-0.4, -0.2) is 18.5 Å². The quantitative estimate of drug-likeness (QED) is 0.393. The summed E-state index contributed by atoms with van der Waals surface area (Å²) in [6.45, 7) is 0.712. The van der Waals surface area contributed by atoms with Gasteiger partial charge in [0, 0.05) is 5.56 Å². The number of carbonyl (C=O) groups is 2. The molecule has 5 rings (SSSR count). The number of halogens is 1. The molecule has 2 aliphatic rings. The zero-order valence-corrected chi connectivity index (χ0v) is 20.3. The second-order valence-electron chi connectivity index (χ2n) is 8.20. The largest absolute Gasteiger partial charge is 0.493 e. The number of fused-ring (bicyclic) bond motifs is 2. The van der Waals surface area contributed by atoms with Gasteiger partial charge in [-0.2, -0.15) is 0 Å². The van der Waals surface area contributed by atoms with Crippen molar-refractivity contribution >= 4 is 51.2 Å². The summed E-state index contributed by atoms with van der Waals surface area (Å²) in [6.07, 6.45) is 4.67. The van der Waals surface area contributed by atoms with E-state index in [1.54, 1.807) is 29.1 Å². The molecule has 7 heteroatoms. The summed E-state index contributed by atoms with van der Waals surface area (Å²) in [6, 6.07) is 14.0. The molecule has 1 aliphatic heterocycles. The Labute approximate surface area is 204 Å². The Morgan fingerprint density at radius 2 is 1.94 bits per heavy atom. The number of carbonyl (C=O) groups excluding carboxylic acids is 2. The van der Waals surface area contributed by atoms with Gasteiger partial charge in [0.1, 0.15) is 10.8 Å². The van der Waals surface area contributed by atoms with E-state index in [-0.39, 0.29) is 11.8 Å². The highest BCUT2D eigenvalue weighted by Gasteiger charge is 2.29. The van der Waals surface area contributed by atoms with Crippen molar-refractivity contribution < 1.29 is 17.4 Å². The minimum absolute atomic E-state index is 0.221. The Hall–Kier alpha value is -2.39. The van der Waals surface area contributed by atoms with Crippen LogP contribution in [0, 0.1) is 0 Å². The molecule has 1 aromatic heterocycles. The van der Waals surface area contributed by atoms with Crippen LogP contribution in [0.25, 0.3) is 0 Å². The van der Waals surface area contributed by atoms with Crippen LogP contribution in [0.3, 0.4) is 0 Å². The first-order valence-electron chi connectivity index (χ1n) is 10.7. The second-order valence-corrected chi connectivity index (χ2v) is 9.52. The van der Waals surface area contributed by atoms with Gasteiger partial charge in [-0.25, -0.2) is 4.79 Å². The molecule has 2 aromatic carbocycles. The monoisotopic (exact) mass is 559 g/mol. The standard InChI is InChI=1S/C25H22INO4S/c26-31-25(29)22-20(17-8-7-15-4-1-2-5-16(15)12-17)14-32-24(22)27-23(28)19-9-10-21-18(13-19)6-3-11-30-21/h1-2,4-5,9-10,13-14,17H,3,6-8,11-12H2,(H,27,28). The molecule has 0 bridgehead atoms. The van der Waals surface area contributed by atoms with Crippen molar-refractivity contribution in [2.75, 3.05) is 11.9 Å². The molecule has 32 heavy (non-hydrogen) atoms. The SMILES string of the molecule is O=C(Nc1scc(C2CCc3ccccc3C2)c1C(=O)OI)c1ccc2c(c1)CCCO2. The van der Waals surface area contributed by atoms with Gasteiger partial charge in [0.25, 0.3) is 5.91 Å². The number of thiophene rings is 1. The predicted octanol–water partition coefficient (Wildman–Crippen LogP) is 6.10. The lowest BCUT2D eigenvalue weighted by Gasteiger charge is -2.25. The third-order valence-electron chi connectivity index (χ3n) is 6.28. The molecule has 0 saturated heterocycles. The average molecular weight is 559 g/mol. The fourth-order valence-electron chi connectivity index (χ4n) is 4.65. The van der Waals surface area contributed by atoms with Crippen molar-refractivity contribution in [2.24, 2.45) is 0 Å². The van der Waals surface area contributed by atoms with Crippen LogP contribution in [0.15, 0.2) is 47.8 Å². The molecule has 5 nitrogen and oxygen atoms in total. The number of amides is 1. The Morgan fingerprint density at radius 3 is 2.78 bits per heavy atom. The molecule has 0 spiro atoms. The van der Waals surface area contributed by atoms with E-state index in [4.69, 9.17) is 7.80 Å². The van der Waals surface area contributed by atoms with Gasteiger partial charge in [-0.3, -0.25) is 4.79 Å². The summed E-state index contributed by atoms with van der Waals surface area (Å²) in [4.78, 5) is 25.7. The molecule has 0 fully saturated rings. The van der Waals surface area contributed by atoms with Gasteiger partial charge in [-0.15, -0.1) is 11.3 Å². The van der Waals surface area contributed by atoms with E-state index in [0.717, 1.165) is 49.0 Å². The van der Waals surface area contributed by atoms with E-state index in [1.165, 1.54) is 22.5 Å². The van der Waals surface area contributed by atoms with Gasteiger partial charge in [0.15, 0.2) is 23.0 Å². The molecule has 0 radical (unpaired) electrons. The lowest BCUT2D eigenvalue weighted by atomic mass is 9.80. The van der Waals surface area contributed by atoms with Crippen LogP contribution in [0.5, 0.6) is 5.75 Å². The molecule has 1 N–H and O–H groups in total. The number of benzene rings is 2. The maximum atomic E-state index is 13.0. The van der Waals surface area contributed by atoms with Crippen molar-refractivity contribution in [2.45, 2.75) is 38.0 Å². The molecule has 1 atom stereocenters. The Morgan fingerprint density at radius 1 is 1.09 bits per heavy atom. The molecule has 0 saturated carbocycles. The number of rotatable bonds is 4. The molecule has 1 aliphatic carbocycles. The van der Waals surface area contributed by atoms with Gasteiger partial charge in [-0.05, 0) is 83.9 Å². The van der Waals surface area contributed by atoms with Gasteiger partial charge in [0.05, 0.1) is 12.2 Å². The minimum atomic E-state index is -0.421. The Bertz CT molecular complexity index is 1190. The first kappa shape index (κ1) is 21.5. The lowest BCUT2D eigenvalue weighted by Crippen LogP contribution is -2.17. The Balaban J connectivity index is 1.42. The molecule has 3 aromatic rings. The van der Waals surface area contributed by atoms with E-state index >= 15 is 0 Å². The number of nitrogens with one attached hydrogen (secondary N) is 1. The fraction of sp³-hybridized carbons (Fsp3) is 0.280. The van der Waals surface area contributed by atoms with Crippen LogP contribution in [0.2, 0.25) is 0 Å². The summed E-state index contributed by atoms with van der Waals surface area (Å²) >= 11 is 3.00. The summed E-state index contributed by atoms with van der Waals surface area (Å²) in [5, 5.41) is 5.50. The van der Waals surface area contributed by atoms with E-state index in [9.17, 15) is 9.59 Å². The molecular formula is C25H22INO4S. The van der Waals surface area contributed by atoms with E-state index in [1.807, 2.05) is 17.5 Å². The smallest absolute Gasteiger partial charge is 0.350 e. The maximum absolute atomic E-state index is 13.0. The number of anilines is 1. The summed E-state index contributed by atoms with van der Waals surface area (Å²) in [5.41, 5.74) is 5.74. The summed E-state index contributed by atoms with van der Waals surface area (Å²) in [7, 11) is 0. The van der Waals surface area contributed by atoms with Gasteiger partial charge < -0.3 is 13.1 Å². The predicted molar refractivity (Wildman–Crippen MR) is 133 cm³/mol. The summed E-state index contributed by atoms with van der Waals surface area (Å²) in [5.74, 6) is 0.411. The molecule has 1 unspecified atom stereocenters. The molecular weight excluding hydrogens is 537 g/mol. The van der Waals surface area contributed by atoms with Crippen molar-refractivity contribution in [3.8, 4) is 5.75 Å². The van der Waals surface area contributed by atoms with E-state index < -0.39 is 5.97 Å². The van der Waals surface area contributed by atoms with Crippen LogP contribution >= 0.6 is 34.3 Å². The Kier molecular flexibility index (Phi) is 6.19. The van der Waals surface area contributed by atoms with Crippen LogP contribution in [0.1, 0.15) is 61.7 Å². The third kappa shape index (κ3) is 4.15. The van der Waals surface area contributed by atoms with Crippen molar-refractivity contribution in [3.63, 3.8) is 0 Å². The topological polar surface area (TPSA) is 64.6 Å². The van der Waals surface area contributed by atoms with Gasteiger partial charge in [0.2, 0.25) is 0 Å². The highest BCUT2D eigenvalue weighted by atomic mass is 127. The molecule has 164 valence electrons. The van der Waals surface area contributed by atoms with Gasteiger partial charge >= 0.3 is 5.97 Å².